The molecule has 0 aliphatic carbocycles. The van der Waals surface area contributed by atoms with Gasteiger partial charge in [-0.05, 0) is 38.0 Å². The number of nitrogens with one attached hydrogen (secondary N) is 1. The van der Waals surface area contributed by atoms with Crippen molar-refractivity contribution in [2.45, 2.75) is 45.3 Å². The maximum Gasteiger partial charge on any atom is 0.416 e. The molecule has 0 bridgehead atoms. The first-order valence-electron chi connectivity index (χ1n) is 9.31. The van der Waals surface area contributed by atoms with Crippen molar-refractivity contribution in [3.63, 3.8) is 0 Å². The predicted molar refractivity (Wildman–Crippen MR) is 97.8 cm³/mol. The molecule has 1 N–H and O–H groups in total. The van der Waals surface area contributed by atoms with Gasteiger partial charge in [0.15, 0.2) is 0 Å². The molecular formula is C20H22F3N3O3. The molecule has 2 heterocycles. The maximum atomic E-state index is 13.1. The summed E-state index contributed by atoms with van der Waals surface area (Å²) in [7, 11) is 0. The summed E-state index contributed by atoms with van der Waals surface area (Å²) in [4.78, 5) is 26.2. The number of alkyl halides is 3. The molecule has 1 atom stereocenters. The molecule has 29 heavy (non-hydrogen) atoms. The zero-order chi connectivity index (χ0) is 21.2. The lowest BCUT2D eigenvalue weighted by molar-refractivity contribution is -0.137. The number of hydrogen-bond donors (Lipinski definition) is 1. The minimum absolute atomic E-state index is 0.00935. The summed E-state index contributed by atoms with van der Waals surface area (Å²) in [6.07, 6.45) is -3.40. The molecule has 1 aromatic carbocycles. The standard InChI is InChI=1S/C20H22F3N3O3/c1-12-16(13(2)29-25-12)10-18(27)24-17(11-26-8-4-7-19(26)28)14-5-3-6-15(9-14)20(21,22)23/h3,5-6,9,17H,4,7-8,10-11H2,1-2H3,(H,24,27)/t17-/m0/s1. The van der Waals surface area contributed by atoms with Crippen molar-refractivity contribution in [3.8, 4) is 0 Å². The van der Waals surface area contributed by atoms with Gasteiger partial charge in [0.05, 0.1) is 23.7 Å². The van der Waals surface area contributed by atoms with E-state index in [9.17, 15) is 22.8 Å². The fraction of sp³-hybridized carbons (Fsp3) is 0.450. The fourth-order valence-electron chi connectivity index (χ4n) is 3.44. The lowest BCUT2D eigenvalue weighted by atomic mass is 10.0. The van der Waals surface area contributed by atoms with Gasteiger partial charge in [-0.25, -0.2) is 0 Å². The molecule has 1 aromatic heterocycles. The van der Waals surface area contributed by atoms with E-state index in [4.69, 9.17) is 4.52 Å². The molecule has 1 aliphatic rings. The second kappa shape index (κ2) is 8.26. The van der Waals surface area contributed by atoms with Gasteiger partial charge in [0.2, 0.25) is 11.8 Å². The van der Waals surface area contributed by atoms with Crippen LogP contribution >= 0.6 is 0 Å². The van der Waals surface area contributed by atoms with Crippen LogP contribution in [0.3, 0.4) is 0 Å². The van der Waals surface area contributed by atoms with Gasteiger partial charge >= 0.3 is 6.18 Å². The van der Waals surface area contributed by atoms with Crippen LogP contribution in [-0.2, 0) is 22.2 Å². The average molecular weight is 409 g/mol. The van der Waals surface area contributed by atoms with E-state index in [0.717, 1.165) is 12.1 Å². The third-order valence-corrected chi connectivity index (χ3v) is 5.04. The first kappa shape index (κ1) is 20.9. The summed E-state index contributed by atoms with van der Waals surface area (Å²) < 4.78 is 44.4. The SMILES string of the molecule is Cc1noc(C)c1CC(=O)N[C@@H](CN1CCCC1=O)c1cccc(C(F)(F)F)c1. The van der Waals surface area contributed by atoms with E-state index in [0.29, 0.717) is 42.0 Å². The molecule has 6 nitrogen and oxygen atoms in total. The Bertz CT molecular complexity index is 888. The summed E-state index contributed by atoms with van der Waals surface area (Å²) in [6.45, 7) is 4.05. The molecule has 2 aromatic rings. The Hall–Kier alpha value is -2.84. The Balaban J connectivity index is 1.83. The zero-order valence-electron chi connectivity index (χ0n) is 16.2. The number of carbonyl (C=O) groups excluding carboxylic acids is 2. The van der Waals surface area contributed by atoms with Crippen LogP contribution in [0.5, 0.6) is 0 Å². The Morgan fingerprint density at radius 1 is 1.34 bits per heavy atom. The van der Waals surface area contributed by atoms with Crippen molar-refractivity contribution in [2.75, 3.05) is 13.1 Å². The summed E-state index contributed by atoms with van der Waals surface area (Å²) >= 11 is 0. The molecule has 156 valence electrons. The normalized spacial score (nSPS) is 15.6. The highest BCUT2D eigenvalue weighted by Gasteiger charge is 2.32. The zero-order valence-corrected chi connectivity index (χ0v) is 16.2. The third-order valence-electron chi connectivity index (χ3n) is 5.04. The maximum absolute atomic E-state index is 13.1. The van der Waals surface area contributed by atoms with Gasteiger partial charge in [-0.3, -0.25) is 9.59 Å². The molecule has 9 heteroatoms. The number of aromatic nitrogens is 1. The van der Waals surface area contributed by atoms with Crippen LogP contribution in [0.2, 0.25) is 0 Å². The molecule has 0 spiro atoms. The molecule has 0 unspecified atom stereocenters. The van der Waals surface area contributed by atoms with Crippen molar-refractivity contribution in [3.05, 3.63) is 52.4 Å². The van der Waals surface area contributed by atoms with Crippen LogP contribution in [0.15, 0.2) is 28.8 Å². The quantitative estimate of drug-likeness (QED) is 0.794. The first-order valence-corrected chi connectivity index (χ1v) is 9.31. The van der Waals surface area contributed by atoms with Crippen molar-refractivity contribution in [1.29, 1.82) is 0 Å². The molecule has 0 radical (unpaired) electrons. The van der Waals surface area contributed by atoms with E-state index in [1.807, 2.05) is 0 Å². The summed E-state index contributed by atoms with van der Waals surface area (Å²) in [5.41, 5.74) is 0.727. The van der Waals surface area contributed by atoms with Gasteiger partial charge < -0.3 is 14.7 Å². The Kier molecular flexibility index (Phi) is 5.95. The van der Waals surface area contributed by atoms with E-state index < -0.39 is 17.8 Å². The number of rotatable bonds is 6. The molecular weight excluding hydrogens is 387 g/mol. The van der Waals surface area contributed by atoms with Gasteiger partial charge in [-0.1, -0.05) is 17.3 Å². The predicted octanol–water partition coefficient (Wildman–Crippen LogP) is 3.33. The minimum atomic E-state index is -4.50. The van der Waals surface area contributed by atoms with Gasteiger partial charge in [0.25, 0.3) is 0 Å². The number of aryl methyl sites for hydroxylation is 2. The van der Waals surface area contributed by atoms with Crippen molar-refractivity contribution in [2.24, 2.45) is 0 Å². The Labute approximate surface area is 166 Å². The van der Waals surface area contributed by atoms with Crippen molar-refractivity contribution >= 4 is 11.8 Å². The van der Waals surface area contributed by atoms with Crippen LogP contribution in [-0.4, -0.2) is 35.0 Å². The lowest BCUT2D eigenvalue weighted by Gasteiger charge is -2.26. The number of halogens is 3. The Morgan fingerprint density at radius 2 is 2.10 bits per heavy atom. The highest BCUT2D eigenvalue weighted by Crippen LogP contribution is 2.31. The summed E-state index contributed by atoms with van der Waals surface area (Å²) in [5, 5.41) is 6.59. The highest BCUT2D eigenvalue weighted by atomic mass is 19.4. The number of hydrogen-bond acceptors (Lipinski definition) is 4. The number of nitrogens with zero attached hydrogens (tertiary/aromatic N) is 2. The second-order valence-corrected chi connectivity index (χ2v) is 7.17. The van der Waals surface area contributed by atoms with Crippen molar-refractivity contribution < 1.29 is 27.3 Å². The summed E-state index contributed by atoms with van der Waals surface area (Å²) in [6, 6.07) is 4.07. The topological polar surface area (TPSA) is 75.4 Å². The molecule has 1 aliphatic heterocycles. The van der Waals surface area contributed by atoms with Gasteiger partial charge in [0.1, 0.15) is 5.76 Å². The van der Waals surface area contributed by atoms with Crippen LogP contribution in [0.25, 0.3) is 0 Å². The number of likely N-dealkylation sites (tertiary alicyclic amines) is 1. The van der Waals surface area contributed by atoms with E-state index in [-0.39, 0.29) is 24.8 Å². The Morgan fingerprint density at radius 3 is 2.69 bits per heavy atom. The number of amides is 2. The smallest absolute Gasteiger partial charge is 0.361 e. The van der Waals surface area contributed by atoms with Gasteiger partial charge in [-0.15, -0.1) is 0 Å². The largest absolute Gasteiger partial charge is 0.416 e. The van der Waals surface area contributed by atoms with Crippen LogP contribution in [0.4, 0.5) is 13.2 Å². The molecule has 3 rings (SSSR count). The molecule has 1 fully saturated rings. The lowest BCUT2D eigenvalue weighted by Crippen LogP contribution is -2.39. The number of benzene rings is 1. The van der Waals surface area contributed by atoms with Crippen LogP contribution < -0.4 is 5.32 Å². The minimum Gasteiger partial charge on any atom is -0.361 e. The second-order valence-electron chi connectivity index (χ2n) is 7.17. The van der Waals surface area contributed by atoms with E-state index in [2.05, 4.69) is 10.5 Å². The number of carbonyl (C=O) groups is 2. The van der Waals surface area contributed by atoms with Crippen LogP contribution in [0.1, 0.15) is 47.0 Å². The first-order chi connectivity index (χ1) is 13.6. The molecule has 2 amide bonds. The van der Waals surface area contributed by atoms with E-state index in [1.165, 1.54) is 12.1 Å². The van der Waals surface area contributed by atoms with Gasteiger partial charge in [-0.2, -0.15) is 13.2 Å². The molecule has 0 saturated carbocycles. The van der Waals surface area contributed by atoms with E-state index in [1.54, 1.807) is 18.7 Å². The molecule has 1 saturated heterocycles. The van der Waals surface area contributed by atoms with E-state index >= 15 is 0 Å². The monoisotopic (exact) mass is 409 g/mol. The summed E-state index contributed by atoms with van der Waals surface area (Å²) in [5.74, 6) is 0.0680. The van der Waals surface area contributed by atoms with Gasteiger partial charge in [0, 0.05) is 25.1 Å². The highest BCUT2D eigenvalue weighted by molar-refractivity contribution is 5.80. The van der Waals surface area contributed by atoms with Crippen LogP contribution in [0, 0.1) is 13.8 Å². The third kappa shape index (κ3) is 4.96. The fourth-order valence-corrected chi connectivity index (χ4v) is 3.44. The van der Waals surface area contributed by atoms with Crippen molar-refractivity contribution in [1.82, 2.24) is 15.4 Å². The average Bonchev–Trinajstić information content (AvgIpc) is 3.20.